The van der Waals surface area contributed by atoms with Gasteiger partial charge in [-0.25, -0.2) is 0 Å². The summed E-state index contributed by atoms with van der Waals surface area (Å²) in [5.41, 5.74) is 0.141. The van der Waals surface area contributed by atoms with Crippen molar-refractivity contribution in [2.24, 2.45) is 5.41 Å². The van der Waals surface area contributed by atoms with Crippen LogP contribution in [0.15, 0.2) is 0 Å². The van der Waals surface area contributed by atoms with E-state index in [0.29, 0.717) is 23.9 Å². The molecule has 0 amide bonds. The van der Waals surface area contributed by atoms with Crippen molar-refractivity contribution in [2.45, 2.75) is 32.4 Å². The van der Waals surface area contributed by atoms with Crippen molar-refractivity contribution in [3.8, 4) is 0 Å². The maximum absolute atomic E-state index is 5.39. The van der Waals surface area contributed by atoms with Gasteiger partial charge in [-0.3, -0.25) is 0 Å². The van der Waals surface area contributed by atoms with E-state index in [1.165, 1.54) is 0 Å². The molecular formula is C11H22N2O2S. The highest BCUT2D eigenvalue weighted by Gasteiger charge is 2.48. The minimum Gasteiger partial charge on any atom is -0.383 e. The molecule has 2 unspecified atom stereocenters. The summed E-state index contributed by atoms with van der Waals surface area (Å²) in [6, 6.07) is 0.389. The number of nitrogens with one attached hydrogen (secondary N) is 2. The fourth-order valence-corrected chi connectivity index (χ4v) is 2.25. The third kappa shape index (κ3) is 3.06. The van der Waals surface area contributed by atoms with Crippen molar-refractivity contribution in [2.75, 3.05) is 27.4 Å². The molecule has 5 heteroatoms. The lowest BCUT2D eigenvalue weighted by Gasteiger charge is -2.51. The van der Waals surface area contributed by atoms with E-state index < -0.39 is 0 Å². The largest absolute Gasteiger partial charge is 0.383 e. The lowest BCUT2D eigenvalue weighted by atomic mass is 9.64. The van der Waals surface area contributed by atoms with E-state index in [1.807, 2.05) is 0 Å². The maximum atomic E-state index is 5.39. The molecule has 0 aromatic rings. The van der Waals surface area contributed by atoms with E-state index in [1.54, 1.807) is 14.2 Å². The van der Waals surface area contributed by atoms with Crippen LogP contribution in [0.2, 0.25) is 0 Å². The Morgan fingerprint density at radius 2 is 2.12 bits per heavy atom. The Labute approximate surface area is 103 Å². The first-order valence-corrected chi connectivity index (χ1v) is 5.99. The van der Waals surface area contributed by atoms with E-state index in [4.69, 9.17) is 21.7 Å². The van der Waals surface area contributed by atoms with Crippen LogP contribution in [-0.4, -0.2) is 44.6 Å². The van der Waals surface area contributed by atoms with Gasteiger partial charge >= 0.3 is 0 Å². The van der Waals surface area contributed by atoms with Gasteiger partial charge in [0, 0.05) is 32.2 Å². The Morgan fingerprint density at radius 1 is 1.44 bits per heavy atom. The summed E-state index contributed by atoms with van der Waals surface area (Å²) in [5.74, 6) is 0. The molecule has 0 spiro atoms. The smallest absolute Gasteiger partial charge is 0.166 e. The van der Waals surface area contributed by atoms with Crippen LogP contribution in [0.4, 0.5) is 0 Å². The average molecular weight is 246 g/mol. The molecule has 0 aromatic heterocycles. The third-order valence-electron chi connectivity index (χ3n) is 3.36. The first-order chi connectivity index (χ1) is 7.52. The molecule has 1 rings (SSSR count). The summed E-state index contributed by atoms with van der Waals surface area (Å²) in [4.78, 5) is 0. The Hall–Kier alpha value is -0.390. The quantitative estimate of drug-likeness (QED) is 0.557. The molecule has 0 radical (unpaired) electrons. The van der Waals surface area contributed by atoms with E-state index >= 15 is 0 Å². The summed E-state index contributed by atoms with van der Waals surface area (Å²) >= 11 is 5.20. The van der Waals surface area contributed by atoms with Gasteiger partial charge in [0.1, 0.15) is 0 Å². The summed E-state index contributed by atoms with van der Waals surface area (Å²) in [6.45, 7) is 5.79. The van der Waals surface area contributed by atoms with Crippen molar-refractivity contribution in [3.63, 3.8) is 0 Å². The summed E-state index contributed by atoms with van der Waals surface area (Å²) in [6.07, 6.45) is 1.34. The average Bonchev–Trinajstić information content (AvgIpc) is 2.24. The normalized spacial score (nSPS) is 27.0. The van der Waals surface area contributed by atoms with Gasteiger partial charge in [0.25, 0.3) is 0 Å². The Bertz CT molecular complexity index is 246. The van der Waals surface area contributed by atoms with Gasteiger partial charge in [0.2, 0.25) is 0 Å². The second-order valence-electron chi connectivity index (χ2n) is 4.73. The minimum atomic E-state index is 0.141. The Kier molecular flexibility index (Phi) is 4.95. The van der Waals surface area contributed by atoms with Crippen LogP contribution in [0.25, 0.3) is 0 Å². The van der Waals surface area contributed by atoms with Gasteiger partial charge < -0.3 is 20.1 Å². The van der Waals surface area contributed by atoms with Crippen LogP contribution in [0.5, 0.6) is 0 Å². The van der Waals surface area contributed by atoms with Crippen molar-refractivity contribution in [1.82, 2.24) is 10.6 Å². The molecule has 1 aliphatic rings. The van der Waals surface area contributed by atoms with Gasteiger partial charge in [-0.1, -0.05) is 13.8 Å². The molecule has 0 bridgehead atoms. The predicted octanol–water partition coefficient (Wildman–Crippen LogP) is 0.910. The molecule has 2 atom stereocenters. The molecule has 0 saturated heterocycles. The van der Waals surface area contributed by atoms with Crippen molar-refractivity contribution < 1.29 is 9.47 Å². The second kappa shape index (κ2) is 5.80. The molecule has 0 heterocycles. The van der Waals surface area contributed by atoms with Crippen LogP contribution in [-0.2, 0) is 9.47 Å². The molecule has 0 aliphatic heterocycles. The Balaban J connectivity index is 2.26. The number of methoxy groups -OCH3 is 2. The predicted molar refractivity (Wildman–Crippen MR) is 68.6 cm³/mol. The Morgan fingerprint density at radius 3 is 2.62 bits per heavy atom. The zero-order valence-electron chi connectivity index (χ0n) is 10.5. The van der Waals surface area contributed by atoms with E-state index in [-0.39, 0.29) is 5.41 Å². The molecule has 2 N–H and O–H groups in total. The lowest BCUT2D eigenvalue weighted by Crippen LogP contribution is -2.63. The topological polar surface area (TPSA) is 42.5 Å². The summed E-state index contributed by atoms with van der Waals surface area (Å²) in [5, 5.41) is 7.12. The van der Waals surface area contributed by atoms with Gasteiger partial charge in [0.15, 0.2) is 5.11 Å². The highest BCUT2D eigenvalue weighted by atomic mass is 32.1. The van der Waals surface area contributed by atoms with Crippen molar-refractivity contribution >= 4 is 17.3 Å². The number of thiocarbonyl (C=S) groups is 1. The first kappa shape index (κ1) is 13.7. The fraction of sp³-hybridized carbons (Fsp3) is 0.909. The van der Waals surface area contributed by atoms with E-state index in [9.17, 15) is 0 Å². The highest BCUT2D eigenvalue weighted by molar-refractivity contribution is 7.80. The highest BCUT2D eigenvalue weighted by Crippen LogP contribution is 2.42. The standard InChI is InChI=1S/C11H22N2O2S/c1-11(2)8(7-9(11)15-4)13-10(16)12-5-6-14-3/h8-9H,5-7H2,1-4H3,(H2,12,13,16). The molecule has 16 heavy (non-hydrogen) atoms. The molecule has 94 valence electrons. The molecular weight excluding hydrogens is 224 g/mol. The van der Waals surface area contributed by atoms with Crippen LogP contribution < -0.4 is 10.6 Å². The van der Waals surface area contributed by atoms with Crippen molar-refractivity contribution in [1.29, 1.82) is 0 Å². The minimum absolute atomic E-state index is 0.141. The number of ether oxygens (including phenoxy) is 2. The summed E-state index contributed by atoms with van der Waals surface area (Å²) < 4.78 is 10.3. The van der Waals surface area contributed by atoms with Crippen LogP contribution in [0, 0.1) is 5.41 Å². The first-order valence-electron chi connectivity index (χ1n) is 5.58. The number of rotatable bonds is 5. The second-order valence-corrected chi connectivity index (χ2v) is 5.14. The summed E-state index contributed by atoms with van der Waals surface area (Å²) in [7, 11) is 3.44. The zero-order chi connectivity index (χ0) is 12.2. The van der Waals surface area contributed by atoms with Crippen LogP contribution in [0.1, 0.15) is 20.3 Å². The molecule has 1 fully saturated rings. The monoisotopic (exact) mass is 246 g/mol. The number of hydrogen-bond donors (Lipinski definition) is 2. The van der Waals surface area contributed by atoms with Gasteiger partial charge in [-0.15, -0.1) is 0 Å². The van der Waals surface area contributed by atoms with Crippen molar-refractivity contribution in [3.05, 3.63) is 0 Å². The van der Waals surface area contributed by atoms with Gasteiger partial charge in [-0.2, -0.15) is 0 Å². The van der Waals surface area contributed by atoms with E-state index in [2.05, 4.69) is 24.5 Å². The van der Waals surface area contributed by atoms with Crippen LogP contribution >= 0.6 is 12.2 Å². The number of hydrogen-bond acceptors (Lipinski definition) is 3. The van der Waals surface area contributed by atoms with Gasteiger partial charge in [-0.05, 0) is 18.6 Å². The molecule has 4 nitrogen and oxygen atoms in total. The van der Waals surface area contributed by atoms with E-state index in [0.717, 1.165) is 13.0 Å². The molecule has 1 aliphatic carbocycles. The van der Waals surface area contributed by atoms with Gasteiger partial charge in [0.05, 0.1) is 12.7 Å². The maximum Gasteiger partial charge on any atom is 0.166 e. The molecule has 1 saturated carbocycles. The lowest BCUT2D eigenvalue weighted by molar-refractivity contribution is -0.0920. The fourth-order valence-electron chi connectivity index (χ4n) is 2.01. The zero-order valence-corrected chi connectivity index (χ0v) is 11.3. The van der Waals surface area contributed by atoms with Crippen LogP contribution in [0.3, 0.4) is 0 Å². The molecule has 0 aromatic carbocycles. The SMILES string of the molecule is COCCNC(=S)NC1CC(OC)C1(C)C. The third-order valence-corrected chi connectivity index (χ3v) is 3.62.